The number of amides is 1. The van der Waals surface area contributed by atoms with Gasteiger partial charge in [0.15, 0.2) is 0 Å². The fourth-order valence-electron chi connectivity index (χ4n) is 2.20. The minimum absolute atomic E-state index is 0.0347. The largest absolute Gasteiger partial charge is 0.508 e. The third kappa shape index (κ3) is 4.61. The number of benzene rings is 2. The lowest BCUT2D eigenvalue weighted by atomic mass is 10.2. The van der Waals surface area contributed by atoms with Crippen LogP contribution in [0, 0.1) is 17.0 Å². The molecule has 0 radical (unpaired) electrons. The molecule has 2 aromatic carbocycles. The van der Waals surface area contributed by atoms with Gasteiger partial charge in [0.05, 0.1) is 10.7 Å². The molecule has 0 bridgehead atoms. The summed E-state index contributed by atoms with van der Waals surface area (Å²) in [7, 11) is 0. The van der Waals surface area contributed by atoms with Gasteiger partial charge in [0, 0.05) is 23.4 Å². The van der Waals surface area contributed by atoms with E-state index in [0.29, 0.717) is 16.8 Å². The first-order chi connectivity index (χ1) is 12.9. The molecule has 0 aliphatic rings. The van der Waals surface area contributed by atoms with Crippen LogP contribution < -0.4 is 5.32 Å². The smallest absolute Gasteiger partial charge is 0.277 e. The molecule has 1 heterocycles. The molecule has 0 aliphatic heterocycles. The van der Waals surface area contributed by atoms with Gasteiger partial charge in [-0.25, -0.2) is 0 Å². The molecule has 9 nitrogen and oxygen atoms in total. The summed E-state index contributed by atoms with van der Waals surface area (Å²) in [6, 6.07) is 10.5. The number of thioether (sulfide) groups is 1. The van der Waals surface area contributed by atoms with Crippen molar-refractivity contribution in [3.8, 4) is 17.2 Å². The fourth-order valence-corrected chi connectivity index (χ4v) is 2.77. The van der Waals surface area contributed by atoms with Crippen LogP contribution in [0.2, 0.25) is 0 Å². The zero-order chi connectivity index (χ0) is 19.4. The highest BCUT2D eigenvalue weighted by Gasteiger charge is 2.13. The monoisotopic (exact) mass is 386 g/mol. The van der Waals surface area contributed by atoms with E-state index in [1.165, 1.54) is 30.3 Å². The number of rotatable bonds is 6. The lowest BCUT2D eigenvalue weighted by molar-refractivity contribution is -0.384. The number of anilines is 1. The van der Waals surface area contributed by atoms with E-state index < -0.39 is 4.92 Å². The van der Waals surface area contributed by atoms with E-state index >= 15 is 0 Å². The minimum Gasteiger partial charge on any atom is -0.508 e. The minimum atomic E-state index is -0.490. The SMILES string of the molecule is Cc1cc([N+](=O)[O-])ccc1NC(=O)CSc1nnc(-c2ccc(O)cc2)o1. The number of aryl methyl sites for hydroxylation is 1. The first-order valence-electron chi connectivity index (χ1n) is 7.73. The number of hydrogen-bond donors (Lipinski definition) is 2. The van der Waals surface area contributed by atoms with E-state index in [4.69, 9.17) is 4.42 Å². The molecule has 0 saturated carbocycles. The van der Waals surface area contributed by atoms with Crippen molar-refractivity contribution < 1.29 is 19.2 Å². The summed E-state index contributed by atoms with van der Waals surface area (Å²) >= 11 is 1.07. The Labute approximate surface area is 157 Å². The number of aromatic nitrogens is 2. The van der Waals surface area contributed by atoms with Crippen molar-refractivity contribution >= 4 is 29.0 Å². The van der Waals surface area contributed by atoms with Crippen LogP contribution in [0.15, 0.2) is 52.1 Å². The molecule has 3 aromatic rings. The first kappa shape index (κ1) is 18.4. The summed E-state index contributed by atoms with van der Waals surface area (Å²) in [6.45, 7) is 1.68. The molecule has 27 heavy (non-hydrogen) atoms. The first-order valence-corrected chi connectivity index (χ1v) is 8.71. The molecule has 1 aromatic heterocycles. The highest BCUT2D eigenvalue weighted by atomic mass is 32.2. The summed E-state index contributed by atoms with van der Waals surface area (Å²) in [5.74, 6) is 0.143. The summed E-state index contributed by atoms with van der Waals surface area (Å²) < 4.78 is 5.48. The predicted molar refractivity (Wildman–Crippen MR) is 98.6 cm³/mol. The average molecular weight is 386 g/mol. The Morgan fingerprint density at radius 1 is 1.26 bits per heavy atom. The van der Waals surface area contributed by atoms with Gasteiger partial charge >= 0.3 is 0 Å². The number of nitro benzene ring substituents is 1. The lowest BCUT2D eigenvalue weighted by Crippen LogP contribution is -2.14. The van der Waals surface area contributed by atoms with Crippen LogP contribution in [0.25, 0.3) is 11.5 Å². The van der Waals surface area contributed by atoms with Gasteiger partial charge in [0.1, 0.15) is 5.75 Å². The van der Waals surface area contributed by atoms with Crippen molar-refractivity contribution in [2.24, 2.45) is 0 Å². The zero-order valence-corrected chi connectivity index (χ0v) is 14.9. The molecule has 0 saturated heterocycles. The Hall–Kier alpha value is -3.40. The third-order valence-electron chi connectivity index (χ3n) is 3.54. The van der Waals surface area contributed by atoms with Gasteiger partial charge in [-0.15, -0.1) is 10.2 Å². The standard InChI is InChI=1S/C17H14N4O5S/c1-10-8-12(21(24)25)4-7-14(10)18-15(23)9-27-17-20-19-16(26-17)11-2-5-13(22)6-3-11/h2-8,22H,9H2,1H3,(H,18,23). The Morgan fingerprint density at radius 3 is 2.67 bits per heavy atom. The molecule has 0 unspecified atom stereocenters. The van der Waals surface area contributed by atoms with Crippen molar-refractivity contribution in [2.45, 2.75) is 12.1 Å². The maximum Gasteiger partial charge on any atom is 0.277 e. The summed E-state index contributed by atoms with van der Waals surface area (Å²) in [6.07, 6.45) is 0. The average Bonchev–Trinajstić information content (AvgIpc) is 3.11. The summed E-state index contributed by atoms with van der Waals surface area (Å²) in [4.78, 5) is 22.3. The molecule has 0 atom stereocenters. The van der Waals surface area contributed by atoms with Gasteiger partial charge in [-0.05, 0) is 42.8 Å². The predicted octanol–water partition coefficient (Wildman–Crippen LogP) is 3.39. The molecule has 1 amide bonds. The number of phenols is 1. The van der Waals surface area contributed by atoms with Gasteiger partial charge in [-0.1, -0.05) is 11.8 Å². The van der Waals surface area contributed by atoms with Crippen LogP contribution in [0.1, 0.15) is 5.56 Å². The van der Waals surface area contributed by atoms with Crippen LogP contribution in [0.4, 0.5) is 11.4 Å². The molecule has 2 N–H and O–H groups in total. The normalized spacial score (nSPS) is 10.6. The van der Waals surface area contributed by atoms with E-state index in [-0.39, 0.29) is 34.2 Å². The number of carbonyl (C=O) groups excluding carboxylic acids is 1. The van der Waals surface area contributed by atoms with E-state index in [1.54, 1.807) is 19.1 Å². The number of hydrogen-bond acceptors (Lipinski definition) is 8. The van der Waals surface area contributed by atoms with Crippen LogP contribution in [-0.4, -0.2) is 31.9 Å². The number of phenolic OH excluding ortho intramolecular Hbond substituents is 1. The van der Waals surface area contributed by atoms with Gasteiger partial charge in [0.2, 0.25) is 11.8 Å². The lowest BCUT2D eigenvalue weighted by Gasteiger charge is -2.07. The Balaban J connectivity index is 1.58. The summed E-state index contributed by atoms with van der Waals surface area (Å²) in [5, 5.41) is 30.7. The van der Waals surface area contributed by atoms with Crippen molar-refractivity contribution in [1.29, 1.82) is 0 Å². The van der Waals surface area contributed by atoms with Crippen LogP contribution in [0.3, 0.4) is 0 Å². The van der Waals surface area contributed by atoms with Gasteiger partial charge < -0.3 is 14.8 Å². The highest BCUT2D eigenvalue weighted by Crippen LogP contribution is 2.25. The third-order valence-corrected chi connectivity index (χ3v) is 4.36. The van der Waals surface area contributed by atoms with E-state index in [1.807, 2.05) is 0 Å². The zero-order valence-electron chi connectivity index (χ0n) is 14.1. The van der Waals surface area contributed by atoms with Gasteiger partial charge in [-0.3, -0.25) is 14.9 Å². The van der Waals surface area contributed by atoms with Crippen LogP contribution in [0.5, 0.6) is 5.75 Å². The molecule has 0 aliphatic carbocycles. The van der Waals surface area contributed by atoms with Crippen molar-refractivity contribution in [3.63, 3.8) is 0 Å². The maximum absolute atomic E-state index is 12.1. The molecule has 10 heteroatoms. The van der Waals surface area contributed by atoms with Crippen LogP contribution in [-0.2, 0) is 4.79 Å². The maximum atomic E-state index is 12.1. The quantitative estimate of drug-likeness (QED) is 0.374. The number of nitro groups is 1. The van der Waals surface area contributed by atoms with Crippen molar-refractivity contribution in [1.82, 2.24) is 10.2 Å². The number of carbonyl (C=O) groups is 1. The van der Waals surface area contributed by atoms with Gasteiger partial charge in [-0.2, -0.15) is 0 Å². The van der Waals surface area contributed by atoms with Crippen LogP contribution >= 0.6 is 11.8 Å². The molecular weight excluding hydrogens is 372 g/mol. The second-order valence-electron chi connectivity index (χ2n) is 5.51. The number of nitrogens with one attached hydrogen (secondary N) is 1. The number of nitrogens with zero attached hydrogens (tertiary/aromatic N) is 3. The Bertz CT molecular complexity index is 987. The van der Waals surface area contributed by atoms with Crippen molar-refractivity contribution in [2.75, 3.05) is 11.1 Å². The topological polar surface area (TPSA) is 131 Å². The molecule has 0 spiro atoms. The molecule has 3 rings (SSSR count). The Kier molecular flexibility index (Phi) is 5.36. The van der Waals surface area contributed by atoms with E-state index in [2.05, 4.69) is 15.5 Å². The second kappa shape index (κ2) is 7.87. The molecular formula is C17H14N4O5S. The van der Waals surface area contributed by atoms with E-state index in [9.17, 15) is 20.0 Å². The summed E-state index contributed by atoms with van der Waals surface area (Å²) in [5.41, 5.74) is 1.71. The Morgan fingerprint density at radius 2 is 2.00 bits per heavy atom. The van der Waals surface area contributed by atoms with Gasteiger partial charge in [0.25, 0.3) is 10.9 Å². The van der Waals surface area contributed by atoms with E-state index in [0.717, 1.165) is 11.8 Å². The fraction of sp³-hybridized carbons (Fsp3) is 0.118. The number of aromatic hydroxyl groups is 1. The van der Waals surface area contributed by atoms with Crippen molar-refractivity contribution in [3.05, 3.63) is 58.1 Å². The number of non-ortho nitro benzene ring substituents is 1. The second-order valence-corrected chi connectivity index (χ2v) is 6.44. The highest BCUT2D eigenvalue weighted by molar-refractivity contribution is 7.99. The molecule has 0 fully saturated rings. The molecule has 138 valence electrons.